The third-order valence-corrected chi connectivity index (χ3v) is 3.96. The summed E-state index contributed by atoms with van der Waals surface area (Å²) in [5.41, 5.74) is 1.00. The lowest BCUT2D eigenvalue weighted by atomic mass is 9.82. The van der Waals surface area contributed by atoms with E-state index in [0.717, 1.165) is 31.2 Å². The van der Waals surface area contributed by atoms with Gasteiger partial charge in [0.25, 0.3) is 0 Å². The lowest BCUT2D eigenvalue weighted by Crippen LogP contribution is -2.26. The Morgan fingerprint density at radius 2 is 2.06 bits per heavy atom. The molecule has 1 aromatic rings. The van der Waals surface area contributed by atoms with Crippen molar-refractivity contribution < 1.29 is 14.9 Å². The van der Waals surface area contributed by atoms with Gasteiger partial charge >= 0.3 is 0 Å². The fourth-order valence-electron chi connectivity index (χ4n) is 2.63. The number of rotatable bonds is 3. The minimum absolute atomic E-state index is 0.0212. The Bertz CT molecular complexity index is 420. The van der Waals surface area contributed by atoms with Crippen molar-refractivity contribution in [2.45, 2.75) is 38.2 Å². The molecule has 1 aliphatic carbocycles. The Balaban J connectivity index is 2.15. The number of hydrogen-bond donors (Lipinski definition) is 2. The average Bonchev–Trinajstić information content (AvgIpc) is 2.36. The summed E-state index contributed by atoms with van der Waals surface area (Å²) in [7, 11) is 1.50. The van der Waals surface area contributed by atoms with Crippen LogP contribution in [-0.2, 0) is 6.42 Å². The molecule has 0 aliphatic heterocycles. The van der Waals surface area contributed by atoms with Gasteiger partial charge in [-0.15, -0.1) is 0 Å². The summed E-state index contributed by atoms with van der Waals surface area (Å²) in [4.78, 5) is 0. The summed E-state index contributed by atoms with van der Waals surface area (Å²) in [6, 6.07) is 3.54. The van der Waals surface area contributed by atoms with Crippen LogP contribution in [0.15, 0.2) is 12.1 Å². The fraction of sp³-hybridized carbons (Fsp3) is 0.571. The second-order valence-electron chi connectivity index (χ2n) is 4.94. The van der Waals surface area contributed by atoms with Crippen LogP contribution < -0.4 is 4.74 Å². The SMILES string of the molecule is COc1cc(CC2CCCCC2O)cc(Cl)c1O. The van der Waals surface area contributed by atoms with Crippen LogP contribution in [0.5, 0.6) is 11.5 Å². The second kappa shape index (κ2) is 5.81. The van der Waals surface area contributed by atoms with Crippen molar-refractivity contribution in [2.24, 2.45) is 5.92 Å². The van der Waals surface area contributed by atoms with Gasteiger partial charge in [0.1, 0.15) is 0 Å². The van der Waals surface area contributed by atoms with E-state index in [9.17, 15) is 10.2 Å². The van der Waals surface area contributed by atoms with E-state index in [-0.39, 0.29) is 17.8 Å². The number of benzene rings is 1. The number of ether oxygens (including phenoxy) is 1. The Hall–Kier alpha value is -0.930. The van der Waals surface area contributed by atoms with Gasteiger partial charge in [-0.1, -0.05) is 24.4 Å². The van der Waals surface area contributed by atoms with E-state index in [1.807, 2.05) is 0 Å². The molecule has 18 heavy (non-hydrogen) atoms. The van der Waals surface area contributed by atoms with Crippen molar-refractivity contribution >= 4 is 11.6 Å². The Labute approximate surface area is 112 Å². The maximum Gasteiger partial charge on any atom is 0.176 e. The summed E-state index contributed by atoms with van der Waals surface area (Å²) in [5, 5.41) is 19.9. The third-order valence-electron chi connectivity index (χ3n) is 3.67. The first-order valence-electron chi connectivity index (χ1n) is 6.35. The number of aliphatic hydroxyl groups is 1. The highest BCUT2D eigenvalue weighted by Gasteiger charge is 2.23. The van der Waals surface area contributed by atoms with Crippen molar-refractivity contribution in [2.75, 3.05) is 7.11 Å². The third kappa shape index (κ3) is 2.90. The highest BCUT2D eigenvalue weighted by molar-refractivity contribution is 6.32. The van der Waals surface area contributed by atoms with Crippen molar-refractivity contribution in [3.8, 4) is 11.5 Å². The maximum absolute atomic E-state index is 9.97. The van der Waals surface area contributed by atoms with E-state index < -0.39 is 0 Å². The molecule has 2 atom stereocenters. The highest BCUT2D eigenvalue weighted by Crippen LogP contribution is 2.36. The summed E-state index contributed by atoms with van der Waals surface area (Å²) in [5.74, 6) is 0.652. The highest BCUT2D eigenvalue weighted by atomic mass is 35.5. The number of phenols is 1. The number of aromatic hydroxyl groups is 1. The van der Waals surface area contributed by atoms with Crippen molar-refractivity contribution in [1.29, 1.82) is 0 Å². The first-order chi connectivity index (χ1) is 8.61. The van der Waals surface area contributed by atoms with Gasteiger partial charge in [0, 0.05) is 0 Å². The molecule has 100 valence electrons. The minimum Gasteiger partial charge on any atom is -0.503 e. The molecule has 0 heterocycles. The smallest absolute Gasteiger partial charge is 0.176 e. The first kappa shape index (κ1) is 13.5. The number of methoxy groups -OCH3 is 1. The number of aliphatic hydroxyl groups excluding tert-OH is 1. The van der Waals surface area contributed by atoms with Gasteiger partial charge in [-0.05, 0) is 42.9 Å². The molecule has 1 aliphatic rings. The Kier molecular flexibility index (Phi) is 4.36. The molecule has 2 rings (SSSR count). The van der Waals surface area contributed by atoms with E-state index in [0.29, 0.717) is 10.8 Å². The lowest BCUT2D eigenvalue weighted by Gasteiger charge is -2.27. The molecule has 0 bridgehead atoms. The summed E-state index contributed by atoms with van der Waals surface area (Å²) >= 11 is 5.96. The Morgan fingerprint density at radius 3 is 2.72 bits per heavy atom. The van der Waals surface area contributed by atoms with Crippen molar-refractivity contribution in [3.05, 3.63) is 22.7 Å². The Morgan fingerprint density at radius 1 is 1.33 bits per heavy atom. The van der Waals surface area contributed by atoms with Crippen molar-refractivity contribution in [3.63, 3.8) is 0 Å². The van der Waals surface area contributed by atoms with Crippen LogP contribution in [0.2, 0.25) is 5.02 Å². The number of halogens is 1. The monoisotopic (exact) mass is 270 g/mol. The van der Waals surface area contributed by atoms with E-state index in [1.54, 1.807) is 12.1 Å². The molecule has 2 unspecified atom stereocenters. The van der Waals surface area contributed by atoms with Gasteiger partial charge in [0.2, 0.25) is 0 Å². The molecule has 3 nitrogen and oxygen atoms in total. The van der Waals surface area contributed by atoms with Crippen LogP contribution in [0, 0.1) is 5.92 Å². The molecule has 0 radical (unpaired) electrons. The number of hydrogen-bond acceptors (Lipinski definition) is 3. The maximum atomic E-state index is 9.97. The molecular formula is C14H19ClO3. The minimum atomic E-state index is -0.225. The van der Waals surface area contributed by atoms with Gasteiger partial charge in [-0.2, -0.15) is 0 Å². The van der Waals surface area contributed by atoms with Gasteiger partial charge in [-0.25, -0.2) is 0 Å². The van der Waals surface area contributed by atoms with Gasteiger partial charge < -0.3 is 14.9 Å². The second-order valence-corrected chi connectivity index (χ2v) is 5.35. The zero-order valence-corrected chi connectivity index (χ0v) is 11.3. The molecule has 1 saturated carbocycles. The van der Waals surface area contributed by atoms with Crippen LogP contribution in [-0.4, -0.2) is 23.4 Å². The molecule has 1 aromatic carbocycles. The van der Waals surface area contributed by atoms with Crippen LogP contribution in [0.3, 0.4) is 0 Å². The predicted octanol–water partition coefficient (Wildman–Crippen LogP) is 3.15. The molecule has 1 fully saturated rings. The topological polar surface area (TPSA) is 49.7 Å². The average molecular weight is 271 g/mol. The molecule has 0 spiro atoms. The van der Waals surface area contributed by atoms with Crippen molar-refractivity contribution in [1.82, 2.24) is 0 Å². The standard InChI is InChI=1S/C14H19ClO3/c1-18-13-8-9(7-11(15)14(13)17)6-10-4-2-3-5-12(10)16/h7-8,10,12,16-17H,2-6H2,1H3. The van der Waals surface area contributed by atoms with Gasteiger partial charge in [0.05, 0.1) is 18.2 Å². The summed E-state index contributed by atoms with van der Waals surface area (Å²) < 4.78 is 5.09. The zero-order valence-electron chi connectivity index (χ0n) is 10.5. The van der Waals surface area contributed by atoms with Gasteiger partial charge in [-0.3, -0.25) is 0 Å². The molecule has 4 heteroatoms. The van der Waals surface area contributed by atoms with Gasteiger partial charge in [0.15, 0.2) is 11.5 Å². The summed E-state index contributed by atoms with van der Waals surface area (Å²) in [6.07, 6.45) is 4.76. The quantitative estimate of drug-likeness (QED) is 0.887. The first-order valence-corrected chi connectivity index (χ1v) is 6.73. The van der Waals surface area contributed by atoms with E-state index >= 15 is 0 Å². The largest absolute Gasteiger partial charge is 0.503 e. The lowest BCUT2D eigenvalue weighted by molar-refractivity contribution is 0.0700. The molecule has 0 amide bonds. The van der Waals surface area contributed by atoms with E-state index in [1.165, 1.54) is 13.5 Å². The molecule has 0 aromatic heterocycles. The van der Waals surface area contributed by atoms with Crippen LogP contribution >= 0.6 is 11.6 Å². The van der Waals surface area contributed by atoms with E-state index in [4.69, 9.17) is 16.3 Å². The summed E-state index contributed by atoms with van der Waals surface area (Å²) in [6.45, 7) is 0. The predicted molar refractivity (Wildman–Crippen MR) is 71.3 cm³/mol. The fourth-order valence-corrected chi connectivity index (χ4v) is 2.86. The molecule has 0 saturated heterocycles. The normalized spacial score (nSPS) is 23.9. The molecular weight excluding hydrogens is 252 g/mol. The van der Waals surface area contributed by atoms with Crippen LogP contribution in [0.25, 0.3) is 0 Å². The zero-order chi connectivity index (χ0) is 13.1. The van der Waals surface area contributed by atoms with Crippen LogP contribution in [0.1, 0.15) is 31.2 Å². The molecule has 2 N–H and O–H groups in total. The van der Waals surface area contributed by atoms with E-state index in [2.05, 4.69) is 0 Å². The van der Waals surface area contributed by atoms with Crippen LogP contribution in [0.4, 0.5) is 0 Å². The number of phenolic OH excluding ortho intramolecular Hbond substituents is 1.